The summed E-state index contributed by atoms with van der Waals surface area (Å²) in [5.41, 5.74) is 1.52. The quantitative estimate of drug-likeness (QED) is 0.859. The Morgan fingerprint density at radius 2 is 2.00 bits per heavy atom. The molecule has 1 unspecified atom stereocenters. The van der Waals surface area contributed by atoms with Crippen molar-refractivity contribution in [2.75, 3.05) is 5.88 Å². The number of nitrogens with zero attached hydrogens (tertiary/aromatic N) is 1. The molecule has 0 bridgehead atoms. The number of hydrogen-bond donors (Lipinski definition) is 1. The second-order valence-electron chi connectivity index (χ2n) is 3.83. The SMILES string of the molecule is O=C(NC(CCl)c1ccccc1)c1cccnc1. The van der Waals surface area contributed by atoms with Crippen LogP contribution in [-0.4, -0.2) is 16.8 Å². The number of aromatic nitrogens is 1. The van der Waals surface area contributed by atoms with Crippen molar-refractivity contribution < 1.29 is 4.79 Å². The number of nitrogens with one attached hydrogen (secondary N) is 1. The molecule has 4 heteroatoms. The molecule has 92 valence electrons. The van der Waals surface area contributed by atoms with Crippen molar-refractivity contribution in [1.29, 1.82) is 0 Å². The van der Waals surface area contributed by atoms with Crippen LogP contribution in [-0.2, 0) is 0 Å². The predicted octanol–water partition coefficient (Wildman–Crippen LogP) is 2.79. The van der Waals surface area contributed by atoms with Crippen LogP contribution in [0.25, 0.3) is 0 Å². The molecule has 1 N–H and O–H groups in total. The van der Waals surface area contributed by atoms with E-state index in [0.717, 1.165) is 5.56 Å². The molecule has 1 amide bonds. The zero-order chi connectivity index (χ0) is 12.8. The van der Waals surface area contributed by atoms with Crippen LogP contribution in [0.3, 0.4) is 0 Å². The van der Waals surface area contributed by atoms with Crippen molar-refractivity contribution in [2.45, 2.75) is 6.04 Å². The van der Waals surface area contributed by atoms with Crippen molar-refractivity contribution in [3.8, 4) is 0 Å². The van der Waals surface area contributed by atoms with Crippen LogP contribution < -0.4 is 5.32 Å². The van der Waals surface area contributed by atoms with Gasteiger partial charge in [0.25, 0.3) is 5.91 Å². The molecular formula is C14H13ClN2O. The van der Waals surface area contributed by atoms with Crippen molar-refractivity contribution >= 4 is 17.5 Å². The Balaban J connectivity index is 2.10. The lowest BCUT2D eigenvalue weighted by molar-refractivity contribution is 0.0940. The number of carbonyl (C=O) groups excluding carboxylic acids is 1. The molecular weight excluding hydrogens is 248 g/mol. The number of carbonyl (C=O) groups is 1. The summed E-state index contributed by atoms with van der Waals surface area (Å²) in [6.07, 6.45) is 3.17. The molecule has 0 spiro atoms. The van der Waals surface area contributed by atoms with Gasteiger partial charge >= 0.3 is 0 Å². The lowest BCUT2D eigenvalue weighted by Gasteiger charge is -2.16. The molecule has 1 aromatic carbocycles. The number of halogens is 1. The van der Waals surface area contributed by atoms with Gasteiger partial charge in [0.15, 0.2) is 0 Å². The monoisotopic (exact) mass is 260 g/mol. The van der Waals surface area contributed by atoms with Gasteiger partial charge in [0.05, 0.1) is 11.6 Å². The first-order chi connectivity index (χ1) is 8.81. The lowest BCUT2D eigenvalue weighted by Crippen LogP contribution is -2.29. The van der Waals surface area contributed by atoms with Crippen molar-refractivity contribution in [1.82, 2.24) is 10.3 Å². The minimum atomic E-state index is -0.194. The van der Waals surface area contributed by atoms with Gasteiger partial charge in [-0.1, -0.05) is 30.3 Å². The van der Waals surface area contributed by atoms with E-state index in [9.17, 15) is 4.79 Å². The van der Waals surface area contributed by atoms with E-state index >= 15 is 0 Å². The van der Waals surface area contributed by atoms with Gasteiger partial charge in [0.2, 0.25) is 0 Å². The Bertz CT molecular complexity index is 502. The number of rotatable bonds is 4. The number of amides is 1. The van der Waals surface area contributed by atoms with E-state index in [0.29, 0.717) is 11.4 Å². The van der Waals surface area contributed by atoms with Crippen molar-refractivity contribution in [3.63, 3.8) is 0 Å². The van der Waals surface area contributed by atoms with Crippen molar-refractivity contribution in [3.05, 3.63) is 66.0 Å². The van der Waals surface area contributed by atoms with E-state index in [1.165, 1.54) is 6.20 Å². The van der Waals surface area contributed by atoms with E-state index < -0.39 is 0 Å². The minimum Gasteiger partial charge on any atom is -0.344 e. The van der Waals surface area contributed by atoms with Crippen LogP contribution in [0.15, 0.2) is 54.9 Å². The summed E-state index contributed by atoms with van der Waals surface area (Å²) >= 11 is 5.90. The molecule has 3 nitrogen and oxygen atoms in total. The first-order valence-corrected chi connectivity index (χ1v) is 6.16. The fourth-order valence-corrected chi connectivity index (χ4v) is 1.89. The third-order valence-corrected chi connectivity index (χ3v) is 2.89. The highest BCUT2D eigenvalue weighted by molar-refractivity contribution is 6.18. The molecule has 0 fully saturated rings. The summed E-state index contributed by atoms with van der Waals surface area (Å²) < 4.78 is 0. The van der Waals surface area contributed by atoms with Gasteiger partial charge < -0.3 is 5.32 Å². The zero-order valence-electron chi connectivity index (χ0n) is 9.71. The molecule has 0 aliphatic carbocycles. The van der Waals surface area contributed by atoms with Gasteiger partial charge in [0, 0.05) is 18.3 Å². The van der Waals surface area contributed by atoms with Gasteiger partial charge in [-0.25, -0.2) is 0 Å². The van der Waals surface area contributed by atoms with Crippen LogP contribution in [0.4, 0.5) is 0 Å². The minimum absolute atomic E-state index is 0.169. The molecule has 0 radical (unpaired) electrons. The lowest BCUT2D eigenvalue weighted by atomic mass is 10.1. The number of benzene rings is 1. The first kappa shape index (κ1) is 12.6. The first-order valence-electron chi connectivity index (χ1n) is 5.63. The van der Waals surface area contributed by atoms with Gasteiger partial charge in [0.1, 0.15) is 0 Å². The van der Waals surface area contributed by atoms with Gasteiger partial charge in [-0.15, -0.1) is 11.6 Å². The Morgan fingerprint density at radius 1 is 1.22 bits per heavy atom. The highest BCUT2D eigenvalue weighted by Crippen LogP contribution is 2.14. The topological polar surface area (TPSA) is 42.0 Å². The zero-order valence-corrected chi connectivity index (χ0v) is 10.5. The van der Waals surface area contributed by atoms with Crippen LogP contribution >= 0.6 is 11.6 Å². The molecule has 0 aliphatic heterocycles. The maximum Gasteiger partial charge on any atom is 0.253 e. The van der Waals surface area contributed by atoms with Crippen molar-refractivity contribution in [2.24, 2.45) is 0 Å². The second-order valence-corrected chi connectivity index (χ2v) is 4.14. The van der Waals surface area contributed by atoms with Gasteiger partial charge in [-0.3, -0.25) is 9.78 Å². The molecule has 2 rings (SSSR count). The Morgan fingerprint density at radius 3 is 2.61 bits per heavy atom. The van der Waals surface area contributed by atoms with E-state index in [2.05, 4.69) is 10.3 Å². The average Bonchev–Trinajstić information content (AvgIpc) is 2.46. The van der Waals surface area contributed by atoms with Gasteiger partial charge in [-0.05, 0) is 17.7 Å². The van der Waals surface area contributed by atoms with Crippen LogP contribution in [0.2, 0.25) is 0 Å². The largest absolute Gasteiger partial charge is 0.344 e. The Hall–Kier alpha value is -1.87. The molecule has 18 heavy (non-hydrogen) atoms. The number of alkyl halides is 1. The molecule has 2 aromatic rings. The second kappa shape index (κ2) is 6.17. The fourth-order valence-electron chi connectivity index (χ4n) is 1.63. The summed E-state index contributed by atoms with van der Waals surface area (Å²) in [5.74, 6) is 0.160. The molecule has 0 saturated carbocycles. The maximum absolute atomic E-state index is 12.0. The third kappa shape index (κ3) is 3.08. The summed E-state index contributed by atoms with van der Waals surface area (Å²) in [7, 11) is 0. The Kier molecular flexibility index (Phi) is 4.31. The summed E-state index contributed by atoms with van der Waals surface area (Å²) in [5, 5.41) is 2.89. The third-order valence-electron chi connectivity index (χ3n) is 2.59. The van der Waals surface area contributed by atoms with Gasteiger partial charge in [-0.2, -0.15) is 0 Å². The average molecular weight is 261 g/mol. The normalized spacial score (nSPS) is 11.8. The highest BCUT2D eigenvalue weighted by Gasteiger charge is 2.14. The molecule has 1 heterocycles. The van der Waals surface area contributed by atoms with Crippen LogP contribution in [0, 0.1) is 0 Å². The molecule has 0 saturated heterocycles. The highest BCUT2D eigenvalue weighted by atomic mass is 35.5. The van der Waals surface area contributed by atoms with E-state index in [-0.39, 0.29) is 11.9 Å². The fraction of sp³-hybridized carbons (Fsp3) is 0.143. The van der Waals surface area contributed by atoms with Crippen LogP contribution in [0.1, 0.15) is 22.0 Å². The standard InChI is InChI=1S/C14H13ClN2O/c15-9-13(11-5-2-1-3-6-11)17-14(18)12-7-4-8-16-10-12/h1-8,10,13H,9H2,(H,17,18). The van der Waals surface area contributed by atoms with E-state index in [1.807, 2.05) is 30.3 Å². The van der Waals surface area contributed by atoms with E-state index in [1.54, 1.807) is 18.3 Å². The molecule has 1 atom stereocenters. The summed E-state index contributed by atoms with van der Waals surface area (Å²) in [4.78, 5) is 15.9. The molecule has 0 aliphatic rings. The van der Waals surface area contributed by atoms with E-state index in [4.69, 9.17) is 11.6 Å². The predicted molar refractivity (Wildman–Crippen MR) is 71.6 cm³/mol. The number of pyridine rings is 1. The Labute approximate surface area is 111 Å². The molecule has 1 aromatic heterocycles. The number of hydrogen-bond acceptors (Lipinski definition) is 2. The summed E-state index contributed by atoms with van der Waals surface area (Å²) in [6, 6.07) is 12.9. The smallest absolute Gasteiger partial charge is 0.253 e. The maximum atomic E-state index is 12.0. The summed E-state index contributed by atoms with van der Waals surface area (Å²) in [6.45, 7) is 0. The van der Waals surface area contributed by atoms with Crippen LogP contribution in [0.5, 0.6) is 0 Å².